The van der Waals surface area contributed by atoms with Gasteiger partial charge >= 0.3 is 0 Å². The molecule has 3 heteroatoms. The Balaban J connectivity index is 2.27. The van der Waals surface area contributed by atoms with Crippen molar-refractivity contribution in [3.05, 3.63) is 29.8 Å². The Morgan fingerprint density at radius 3 is 2.53 bits per heavy atom. The van der Waals surface area contributed by atoms with E-state index in [0.29, 0.717) is 5.92 Å². The highest BCUT2D eigenvalue weighted by molar-refractivity contribution is 5.27. The van der Waals surface area contributed by atoms with Crippen LogP contribution in [0.4, 0.5) is 0 Å². The summed E-state index contributed by atoms with van der Waals surface area (Å²) in [4.78, 5) is 0. The molecule has 0 fully saturated rings. The van der Waals surface area contributed by atoms with Crippen molar-refractivity contribution in [3.8, 4) is 5.75 Å². The molecule has 0 aliphatic rings. The van der Waals surface area contributed by atoms with Gasteiger partial charge in [0.1, 0.15) is 5.75 Å². The van der Waals surface area contributed by atoms with Gasteiger partial charge in [0.25, 0.3) is 0 Å². The Labute approximate surface area is 117 Å². The Morgan fingerprint density at radius 1 is 1.16 bits per heavy atom. The molecule has 1 rings (SSSR count). The van der Waals surface area contributed by atoms with E-state index in [-0.39, 0.29) is 0 Å². The molecule has 0 aliphatic heterocycles. The number of benzene rings is 1. The van der Waals surface area contributed by atoms with Gasteiger partial charge in [0.15, 0.2) is 0 Å². The van der Waals surface area contributed by atoms with Gasteiger partial charge in [0.2, 0.25) is 0 Å². The lowest BCUT2D eigenvalue weighted by Crippen LogP contribution is -2.25. The minimum Gasteiger partial charge on any atom is -0.494 e. The zero-order chi connectivity index (χ0) is 13.9. The highest BCUT2D eigenvalue weighted by Crippen LogP contribution is 2.15. The Kier molecular flexibility index (Phi) is 8.26. The van der Waals surface area contributed by atoms with E-state index < -0.39 is 0 Å². The molecule has 1 N–H and O–H groups in total. The number of hydrogen-bond acceptors (Lipinski definition) is 3. The van der Waals surface area contributed by atoms with E-state index in [1.807, 2.05) is 0 Å². The normalized spacial score (nSPS) is 12.4. The SMILES string of the molecule is CCCOc1ccc(CC(C)CNCCOC)cc1. The summed E-state index contributed by atoms with van der Waals surface area (Å²) in [5.74, 6) is 1.59. The third-order valence-electron chi connectivity index (χ3n) is 2.96. The molecule has 0 saturated carbocycles. The van der Waals surface area contributed by atoms with Gasteiger partial charge in [-0.15, -0.1) is 0 Å². The first-order valence-corrected chi connectivity index (χ1v) is 7.17. The predicted molar refractivity (Wildman–Crippen MR) is 79.8 cm³/mol. The van der Waals surface area contributed by atoms with Crippen molar-refractivity contribution in [2.45, 2.75) is 26.7 Å². The minimum atomic E-state index is 0.624. The molecular formula is C16H27NO2. The van der Waals surface area contributed by atoms with E-state index >= 15 is 0 Å². The highest BCUT2D eigenvalue weighted by Gasteiger charge is 2.03. The summed E-state index contributed by atoms with van der Waals surface area (Å²) < 4.78 is 10.6. The molecule has 1 aromatic rings. The second-order valence-electron chi connectivity index (χ2n) is 5.00. The fourth-order valence-corrected chi connectivity index (χ4v) is 1.94. The molecule has 0 heterocycles. The number of nitrogens with one attached hydrogen (secondary N) is 1. The molecule has 0 aliphatic carbocycles. The van der Waals surface area contributed by atoms with Gasteiger partial charge in [-0.05, 0) is 43.0 Å². The molecule has 0 bridgehead atoms. The molecule has 19 heavy (non-hydrogen) atoms. The van der Waals surface area contributed by atoms with Gasteiger partial charge in [-0.1, -0.05) is 26.0 Å². The van der Waals surface area contributed by atoms with Gasteiger partial charge in [0, 0.05) is 13.7 Å². The van der Waals surface area contributed by atoms with E-state index in [4.69, 9.17) is 9.47 Å². The van der Waals surface area contributed by atoms with Gasteiger partial charge in [-0.25, -0.2) is 0 Å². The van der Waals surface area contributed by atoms with Gasteiger partial charge in [-0.3, -0.25) is 0 Å². The van der Waals surface area contributed by atoms with Crippen LogP contribution in [-0.2, 0) is 11.2 Å². The average molecular weight is 265 g/mol. The van der Waals surface area contributed by atoms with E-state index in [1.165, 1.54) is 5.56 Å². The first kappa shape index (κ1) is 16.0. The van der Waals surface area contributed by atoms with Gasteiger partial charge < -0.3 is 14.8 Å². The average Bonchev–Trinajstić information content (AvgIpc) is 2.43. The summed E-state index contributed by atoms with van der Waals surface area (Å²) in [5, 5.41) is 3.40. The Bertz CT molecular complexity index is 324. The molecule has 1 unspecified atom stereocenters. The summed E-state index contributed by atoms with van der Waals surface area (Å²) in [6.07, 6.45) is 2.14. The number of ether oxygens (including phenoxy) is 2. The van der Waals surface area contributed by atoms with Gasteiger partial charge in [-0.2, -0.15) is 0 Å². The van der Waals surface area contributed by atoms with Crippen LogP contribution in [0.3, 0.4) is 0 Å². The summed E-state index contributed by atoms with van der Waals surface area (Å²) in [6, 6.07) is 8.46. The topological polar surface area (TPSA) is 30.5 Å². The lowest BCUT2D eigenvalue weighted by molar-refractivity contribution is 0.198. The van der Waals surface area contributed by atoms with Crippen molar-refractivity contribution < 1.29 is 9.47 Å². The highest BCUT2D eigenvalue weighted by atomic mass is 16.5. The standard InChI is InChI=1S/C16H27NO2/c1-4-10-19-16-7-5-15(6-8-16)12-14(2)13-17-9-11-18-3/h5-8,14,17H,4,9-13H2,1-3H3. The third kappa shape index (κ3) is 7.19. The van der Waals surface area contributed by atoms with E-state index in [2.05, 4.69) is 43.4 Å². The zero-order valence-electron chi connectivity index (χ0n) is 12.4. The molecular weight excluding hydrogens is 238 g/mol. The number of methoxy groups -OCH3 is 1. The fourth-order valence-electron chi connectivity index (χ4n) is 1.94. The Hall–Kier alpha value is -1.06. The quantitative estimate of drug-likeness (QED) is 0.660. The smallest absolute Gasteiger partial charge is 0.119 e. The minimum absolute atomic E-state index is 0.624. The Morgan fingerprint density at radius 2 is 1.89 bits per heavy atom. The van der Waals surface area contributed by atoms with E-state index in [0.717, 1.165) is 44.9 Å². The van der Waals surface area contributed by atoms with Crippen LogP contribution in [-0.4, -0.2) is 33.4 Å². The summed E-state index contributed by atoms with van der Waals surface area (Å²) >= 11 is 0. The second kappa shape index (κ2) is 9.82. The van der Waals surface area contributed by atoms with Crippen LogP contribution in [0.25, 0.3) is 0 Å². The van der Waals surface area contributed by atoms with Crippen molar-refractivity contribution in [3.63, 3.8) is 0 Å². The molecule has 0 radical (unpaired) electrons. The number of rotatable bonds is 10. The number of hydrogen-bond donors (Lipinski definition) is 1. The van der Waals surface area contributed by atoms with Crippen LogP contribution in [0, 0.1) is 5.92 Å². The van der Waals surface area contributed by atoms with Crippen LogP contribution in [0.2, 0.25) is 0 Å². The van der Waals surface area contributed by atoms with Crippen LogP contribution >= 0.6 is 0 Å². The molecule has 0 saturated heterocycles. The van der Waals surface area contributed by atoms with Crippen LogP contribution in [0.5, 0.6) is 5.75 Å². The van der Waals surface area contributed by atoms with Crippen molar-refractivity contribution in [2.24, 2.45) is 5.92 Å². The lowest BCUT2D eigenvalue weighted by atomic mass is 10.0. The van der Waals surface area contributed by atoms with E-state index in [1.54, 1.807) is 7.11 Å². The molecule has 0 spiro atoms. The predicted octanol–water partition coefficient (Wildman–Crippen LogP) is 2.89. The second-order valence-corrected chi connectivity index (χ2v) is 5.00. The molecule has 0 aromatic heterocycles. The molecule has 3 nitrogen and oxygen atoms in total. The molecule has 108 valence electrons. The zero-order valence-corrected chi connectivity index (χ0v) is 12.4. The maximum Gasteiger partial charge on any atom is 0.119 e. The summed E-state index contributed by atoms with van der Waals surface area (Å²) in [5.41, 5.74) is 1.37. The molecule has 1 atom stereocenters. The van der Waals surface area contributed by atoms with Crippen molar-refractivity contribution in [2.75, 3.05) is 33.4 Å². The fraction of sp³-hybridized carbons (Fsp3) is 0.625. The van der Waals surface area contributed by atoms with Crippen LogP contribution < -0.4 is 10.1 Å². The summed E-state index contributed by atoms with van der Waals surface area (Å²) in [6.45, 7) is 7.89. The van der Waals surface area contributed by atoms with Crippen LogP contribution in [0.1, 0.15) is 25.8 Å². The van der Waals surface area contributed by atoms with Crippen molar-refractivity contribution in [1.82, 2.24) is 5.32 Å². The van der Waals surface area contributed by atoms with Crippen molar-refractivity contribution in [1.29, 1.82) is 0 Å². The largest absolute Gasteiger partial charge is 0.494 e. The first-order chi connectivity index (χ1) is 9.26. The molecule has 1 aromatic carbocycles. The first-order valence-electron chi connectivity index (χ1n) is 7.17. The van der Waals surface area contributed by atoms with Crippen LogP contribution in [0.15, 0.2) is 24.3 Å². The maximum absolute atomic E-state index is 5.58. The molecule has 0 amide bonds. The third-order valence-corrected chi connectivity index (χ3v) is 2.96. The van der Waals surface area contributed by atoms with E-state index in [9.17, 15) is 0 Å². The lowest BCUT2D eigenvalue weighted by Gasteiger charge is -2.13. The van der Waals surface area contributed by atoms with Crippen molar-refractivity contribution >= 4 is 0 Å². The monoisotopic (exact) mass is 265 g/mol. The summed E-state index contributed by atoms with van der Waals surface area (Å²) in [7, 11) is 1.73. The maximum atomic E-state index is 5.58. The van der Waals surface area contributed by atoms with Gasteiger partial charge in [0.05, 0.1) is 13.2 Å².